The zero-order valence-electron chi connectivity index (χ0n) is 15.7. The summed E-state index contributed by atoms with van der Waals surface area (Å²) in [5.41, 5.74) is -1.13. The number of halogens is 5. The second kappa shape index (κ2) is 8.15. The number of hydrogen-bond donors (Lipinski definition) is 1. The van der Waals surface area contributed by atoms with Crippen LogP contribution in [0.3, 0.4) is 0 Å². The summed E-state index contributed by atoms with van der Waals surface area (Å²) in [6, 6.07) is 4.08. The van der Waals surface area contributed by atoms with Gasteiger partial charge in [0.15, 0.2) is 9.84 Å². The van der Waals surface area contributed by atoms with Gasteiger partial charge < -0.3 is 10.2 Å². The second-order valence-corrected chi connectivity index (χ2v) is 10.6. The molecular formula is C18H16Cl2F3N3O4S. The maximum Gasteiger partial charge on any atom is 0.397 e. The fourth-order valence-corrected chi connectivity index (χ4v) is 5.89. The zero-order chi connectivity index (χ0) is 23.2. The maximum absolute atomic E-state index is 13.1. The van der Waals surface area contributed by atoms with Crippen molar-refractivity contribution in [2.45, 2.75) is 53.6 Å². The quantitative estimate of drug-likeness (QED) is 0.672. The highest BCUT2D eigenvalue weighted by atomic mass is 35.5. The Morgan fingerprint density at radius 3 is 2.45 bits per heavy atom. The summed E-state index contributed by atoms with van der Waals surface area (Å²) in [6.07, 6.45) is -6.38. The van der Waals surface area contributed by atoms with Crippen LogP contribution in [0.2, 0.25) is 10.0 Å². The molecule has 1 N–H and O–H groups in total. The number of alkyl halides is 3. The summed E-state index contributed by atoms with van der Waals surface area (Å²) < 4.78 is 64.5. The number of nitrogens with one attached hydrogen (secondary N) is 1. The molecule has 1 saturated carbocycles. The number of sulfone groups is 1. The third-order valence-corrected chi connectivity index (χ3v) is 8.05. The standard InChI is InChI=1S/C18H16Cl2F3N3O4S/c19-10-1-2-14(12(20)5-10)31(29,30)11-6-13(16(28)25-17(9-24)3-4-17)26(8-11)15(27)7-18(21,22)23/h1-2,5,11,13H,3-4,6-8H2,(H,25,28). The van der Waals surface area contributed by atoms with Crippen molar-refractivity contribution in [3.63, 3.8) is 0 Å². The molecule has 0 aromatic heterocycles. The molecule has 2 aliphatic rings. The molecular weight excluding hydrogens is 482 g/mol. The number of nitriles is 1. The minimum absolute atomic E-state index is 0.181. The number of hydrogen-bond acceptors (Lipinski definition) is 5. The first-order chi connectivity index (χ1) is 14.3. The van der Waals surface area contributed by atoms with Crippen LogP contribution in [0, 0.1) is 11.3 Å². The molecule has 31 heavy (non-hydrogen) atoms. The lowest BCUT2D eigenvalue weighted by atomic mass is 10.1. The van der Waals surface area contributed by atoms with Gasteiger partial charge in [0.25, 0.3) is 0 Å². The second-order valence-electron chi connectivity index (χ2n) is 7.51. The number of carbonyl (C=O) groups excluding carboxylic acids is 2. The van der Waals surface area contributed by atoms with Gasteiger partial charge in [0.1, 0.15) is 18.0 Å². The van der Waals surface area contributed by atoms with Gasteiger partial charge >= 0.3 is 6.18 Å². The van der Waals surface area contributed by atoms with Crippen LogP contribution in [0.1, 0.15) is 25.7 Å². The number of benzene rings is 1. The van der Waals surface area contributed by atoms with Crippen molar-refractivity contribution in [1.29, 1.82) is 5.26 Å². The summed E-state index contributed by atoms with van der Waals surface area (Å²) in [5.74, 6) is -2.29. The Kier molecular flexibility index (Phi) is 6.21. The first kappa shape index (κ1) is 23.6. The Morgan fingerprint density at radius 2 is 1.94 bits per heavy atom. The van der Waals surface area contributed by atoms with E-state index in [4.69, 9.17) is 28.5 Å². The van der Waals surface area contributed by atoms with E-state index in [1.165, 1.54) is 12.1 Å². The highest BCUT2D eigenvalue weighted by Gasteiger charge is 2.51. The van der Waals surface area contributed by atoms with Gasteiger partial charge in [-0.05, 0) is 37.5 Å². The normalized spacial score (nSPS) is 22.6. The highest BCUT2D eigenvalue weighted by Crippen LogP contribution is 2.37. The van der Waals surface area contributed by atoms with Crippen molar-refractivity contribution >= 4 is 44.9 Å². The van der Waals surface area contributed by atoms with E-state index in [2.05, 4.69) is 5.32 Å². The zero-order valence-corrected chi connectivity index (χ0v) is 18.1. The van der Waals surface area contributed by atoms with Crippen LogP contribution in [0.4, 0.5) is 13.2 Å². The van der Waals surface area contributed by atoms with E-state index >= 15 is 0 Å². The summed E-state index contributed by atoms with van der Waals surface area (Å²) in [7, 11) is -4.21. The van der Waals surface area contributed by atoms with Gasteiger partial charge in [-0.15, -0.1) is 0 Å². The third kappa shape index (κ3) is 5.07. The third-order valence-electron chi connectivity index (χ3n) is 5.20. The smallest absolute Gasteiger partial charge is 0.336 e. The Hall–Kier alpha value is -2.03. The maximum atomic E-state index is 13.1. The van der Waals surface area contributed by atoms with Crippen LogP contribution in [0.25, 0.3) is 0 Å². The first-order valence-electron chi connectivity index (χ1n) is 9.06. The van der Waals surface area contributed by atoms with Gasteiger partial charge in [-0.25, -0.2) is 8.42 Å². The minimum atomic E-state index is -4.83. The number of amides is 2. The van der Waals surface area contributed by atoms with E-state index in [0.29, 0.717) is 17.7 Å². The molecule has 3 rings (SSSR count). The Balaban J connectivity index is 1.90. The van der Waals surface area contributed by atoms with Crippen LogP contribution >= 0.6 is 23.2 Å². The number of carbonyl (C=O) groups is 2. The highest BCUT2D eigenvalue weighted by molar-refractivity contribution is 7.92. The van der Waals surface area contributed by atoms with E-state index < -0.39 is 64.0 Å². The molecule has 1 aromatic rings. The summed E-state index contributed by atoms with van der Waals surface area (Å²) in [4.78, 5) is 25.3. The predicted octanol–water partition coefficient (Wildman–Crippen LogP) is 2.86. The number of rotatable bonds is 5. The Labute approximate surface area is 186 Å². The van der Waals surface area contributed by atoms with Crippen molar-refractivity contribution in [1.82, 2.24) is 10.2 Å². The van der Waals surface area contributed by atoms with Crippen LogP contribution in [-0.2, 0) is 19.4 Å². The average Bonchev–Trinajstić information content (AvgIpc) is 3.25. The van der Waals surface area contributed by atoms with Crippen molar-refractivity contribution < 1.29 is 31.2 Å². The molecule has 0 spiro atoms. The van der Waals surface area contributed by atoms with Crippen molar-refractivity contribution in [3.05, 3.63) is 28.2 Å². The van der Waals surface area contributed by atoms with Crippen LogP contribution < -0.4 is 5.32 Å². The Morgan fingerprint density at radius 1 is 1.29 bits per heavy atom. The average molecular weight is 498 g/mol. The van der Waals surface area contributed by atoms with E-state index in [0.717, 1.165) is 6.07 Å². The number of nitrogens with zero attached hydrogens (tertiary/aromatic N) is 2. The lowest BCUT2D eigenvalue weighted by Gasteiger charge is -2.25. The molecule has 0 radical (unpaired) electrons. The van der Waals surface area contributed by atoms with Crippen LogP contribution in [-0.4, -0.2) is 54.7 Å². The van der Waals surface area contributed by atoms with Crippen molar-refractivity contribution in [2.24, 2.45) is 0 Å². The molecule has 1 aliphatic carbocycles. The van der Waals surface area contributed by atoms with Gasteiger partial charge in [-0.2, -0.15) is 18.4 Å². The van der Waals surface area contributed by atoms with Gasteiger partial charge in [0.05, 0.1) is 21.2 Å². The molecule has 13 heteroatoms. The summed E-state index contributed by atoms with van der Waals surface area (Å²) in [5, 5.41) is 10.2. The predicted molar refractivity (Wildman–Crippen MR) is 104 cm³/mol. The summed E-state index contributed by atoms with van der Waals surface area (Å²) >= 11 is 11.8. The molecule has 2 unspecified atom stereocenters. The molecule has 1 saturated heterocycles. The van der Waals surface area contributed by atoms with Crippen molar-refractivity contribution in [3.8, 4) is 6.07 Å². The topological polar surface area (TPSA) is 107 Å². The molecule has 1 aliphatic heterocycles. The molecule has 2 fully saturated rings. The lowest BCUT2D eigenvalue weighted by Crippen LogP contribution is -2.50. The molecule has 2 atom stereocenters. The molecule has 7 nitrogen and oxygen atoms in total. The SMILES string of the molecule is N#CC1(NC(=O)C2CC(S(=O)(=O)c3ccc(Cl)cc3Cl)CN2C(=O)CC(F)(F)F)CC1. The van der Waals surface area contributed by atoms with E-state index in [-0.39, 0.29) is 14.9 Å². The number of likely N-dealkylation sites (tertiary alicyclic amines) is 1. The molecule has 1 aromatic carbocycles. The Bertz CT molecular complexity index is 1070. The monoisotopic (exact) mass is 497 g/mol. The summed E-state index contributed by atoms with van der Waals surface area (Å²) in [6.45, 7) is -0.617. The largest absolute Gasteiger partial charge is 0.397 e. The van der Waals surface area contributed by atoms with E-state index in [1.54, 1.807) is 0 Å². The van der Waals surface area contributed by atoms with E-state index in [9.17, 15) is 31.2 Å². The fourth-order valence-electron chi connectivity index (χ4n) is 3.41. The van der Waals surface area contributed by atoms with Gasteiger partial charge in [0.2, 0.25) is 11.8 Å². The van der Waals surface area contributed by atoms with Gasteiger partial charge in [-0.3, -0.25) is 9.59 Å². The van der Waals surface area contributed by atoms with Crippen LogP contribution in [0.5, 0.6) is 0 Å². The lowest BCUT2D eigenvalue weighted by molar-refractivity contribution is -0.163. The molecule has 168 valence electrons. The molecule has 1 heterocycles. The van der Waals surface area contributed by atoms with Gasteiger partial charge in [0, 0.05) is 11.6 Å². The van der Waals surface area contributed by atoms with E-state index in [1.807, 2.05) is 6.07 Å². The van der Waals surface area contributed by atoms with Crippen molar-refractivity contribution in [2.75, 3.05) is 6.54 Å². The van der Waals surface area contributed by atoms with Crippen LogP contribution in [0.15, 0.2) is 23.1 Å². The minimum Gasteiger partial charge on any atom is -0.336 e. The molecule has 0 bridgehead atoms. The molecule has 2 amide bonds. The van der Waals surface area contributed by atoms with Gasteiger partial charge in [-0.1, -0.05) is 23.2 Å². The fraction of sp³-hybridized carbons (Fsp3) is 0.500. The first-order valence-corrected chi connectivity index (χ1v) is 11.4.